The Kier molecular flexibility index (Phi) is 2.78. The van der Waals surface area contributed by atoms with Crippen LogP contribution >= 0.6 is 0 Å². The van der Waals surface area contributed by atoms with Crippen LogP contribution in [0, 0.1) is 13.8 Å². The standard InChI is InChI=1S/C11H11N3O3/c1-6-4-3-5-8(7(6)2)17-10-9(11(15)16)12-14-13-10/h3-5H,1-2H3,(H,15,16)(H,12,13,14). The third-order valence-corrected chi connectivity index (χ3v) is 2.49. The van der Waals surface area contributed by atoms with Crippen LogP contribution in [0.3, 0.4) is 0 Å². The molecule has 88 valence electrons. The number of nitrogens with one attached hydrogen (secondary N) is 1. The van der Waals surface area contributed by atoms with Gasteiger partial charge in [0.05, 0.1) is 0 Å². The number of hydrogen-bond acceptors (Lipinski definition) is 4. The van der Waals surface area contributed by atoms with Gasteiger partial charge in [-0.3, -0.25) is 0 Å². The largest absolute Gasteiger partial charge is 0.476 e. The molecule has 0 unspecified atom stereocenters. The van der Waals surface area contributed by atoms with Crippen molar-refractivity contribution in [2.75, 3.05) is 0 Å². The van der Waals surface area contributed by atoms with Gasteiger partial charge in [-0.25, -0.2) is 9.89 Å². The fraction of sp³-hybridized carbons (Fsp3) is 0.182. The van der Waals surface area contributed by atoms with Crippen molar-refractivity contribution in [1.29, 1.82) is 0 Å². The van der Waals surface area contributed by atoms with Gasteiger partial charge in [-0.05, 0) is 31.0 Å². The number of aromatic nitrogens is 3. The van der Waals surface area contributed by atoms with Gasteiger partial charge in [0.2, 0.25) is 5.69 Å². The smallest absolute Gasteiger partial charge is 0.359 e. The van der Waals surface area contributed by atoms with Crippen LogP contribution in [0.15, 0.2) is 18.2 Å². The van der Waals surface area contributed by atoms with E-state index < -0.39 is 5.97 Å². The Bertz CT molecular complexity index is 563. The van der Waals surface area contributed by atoms with E-state index in [-0.39, 0.29) is 11.6 Å². The van der Waals surface area contributed by atoms with E-state index in [4.69, 9.17) is 9.84 Å². The topological polar surface area (TPSA) is 88.1 Å². The Morgan fingerprint density at radius 3 is 2.88 bits per heavy atom. The molecule has 0 bridgehead atoms. The number of carboxylic acids is 1. The van der Waals surface area contributed by atoms with E-state index >= 15 is 0 Å². The van der Waals surface area contributed by atoms with E-state index in [2.05, 4.69) is 15.4 Å². The monoisotopic (exact) mass is 233 g/mol. The lowest BCUT2D eigenvalue weighted by Crippen LogP contribution is -2.00. The fourth-order valence-corrected chi connectivity index (χ4v) is 1.37. The fourth-order valence-electron chi connectivity index (χ4n) is 1.37. The molecule has 2 rings (SSSR count). The summed E-state index contributed by atoms with van der Waals surface area (Å²) in [5, 5.41) is 18.1. The van der Waals surface area contributed by atoms with Crippen molar-refractivity contribution in [3.8, 4) is 11.6 Å². The molecular weight excluding hydrogens is 222 g/mol. The predicted octanol–water partition coefficient (Wildman–Crippen LogP) is 1.91. The van der Waals surface area contributed by atoms with Crippen molar-refractivity contribution >= 4 is 5.97 Å². The highest BCUT2D eigenvalue weighted by molar-refractivity contribution is 5.87. The highest BCUT2D eigenvalue weighted by atomic mass is 16.5. The number of rotatable bonds is 3. The molecule has 2 N–H and O–H groups in total. The van der Waals surface area contributed by atoms with Crippen molar-refractivity contribution in [2.45, 2.75) is 13.8 Å². The molecule has 2 aromatic rings. The summed E-state index contributed by atoms with van der Waals surface area (Å²) in [6, 6.07) is 5.53. The van der Waals surface area contributed by atoms with Gasteiger partial charge < -0.3 is 9.84 Å². The van der Waals surface area contributed by atoms with E-state index in [1.54, 1.807) is 6.07 Å². The second-order valence-electron chi connectivity index (χ2n) is 3.60. The molecule has 0 aliphatic heterocycles. The molecule has 6 nitrogen and oxygen atoms in total. The number of benzene rings is 1. The minimum absolute atomic E-state index is 0.0359. The van der Waals surface area contributed by atoms with Gasteiger partial charge in [-0.2, -0.15) is 0 Å². The van der Waals surface area contributed by atoms with Gasteiger partial charge in [0.1, 0.15) is 5.75 Å². The summed E-state index contributed by atoms with van der Waals surface area (Å²) in [5.41, 5.74) is 1.83. The summed E-state index contributed by atoms with van der Waals surface area (Å²) in [7, 11) is 0. The SMILES string of the molecule is Cc1cccc(Oc2nn[nH]c2C(=O)O)c1C. The number of carbonyl (C=O) groups is 1. The van der Waals surface area contributed by atoms with Crippen molar-refractivity contribution in [1.82, 2.24) is 15.4 Å². The molecule has 1 aromatic carbocycles. The molecule has 0 aliphatic rings. The third kappa shape index (κ3) is 2.10. The maximum Gasteiger partial charge on any atom is 0.359 e. The van der Waals surface area contributed by atoms with Gasteiger partial charge >= 0.3 is 5.97 Å². The number of ether oxygens (including phenoxy) is 1. The lowest BCUT2D eigenvalue weighted by molar-refractivity contribution is 0.0687. The lowest BCUT2D eigenvalue weighted by atomic mass is 10.1. The number of aromatic carboxylic acids is 1. The molecule has 0 fully saturated rings. The van der Waals surface area contributed by atoms with Gasteiger partial charge in [0, 0.05) is 0 Å². The average Bonchev–Trinajstić information content (AvgIpc) is 2.73. The van der Waals surface area contributed by atoms with Crippen LogP contribution in [0.25, 0.3) is 0 Å². The quantitative estimate of drug-likeness (QED) is 0.845. The first-order chi connectivity index (χ1) is 8.09. The van der Waals surface area contributed by atoms with Crippen LogP contribution < -0.4 is 4.74 Å². The van der Waals surface area contributed by atoms with Crippen LogP contribution in [0.4, 0.5) is 0 Å². The summed E-state index contributed by atoms with van der Waals surface area (Å²) >= 11 is 0. The normalized spacial score (nSPS) is 10.2. The molecule has 0 aliphatic carbocycles. The zero-order chi connectivity index (χ0) is 12.4. The van der Waals surface area contributed by atoms with Gasteiger partial charge in [-0.1, -0.05) is 22.4 Å². The van der Waals surface area contributed by atoms with E-state index in [1.807, 2.05) is 26.0 Å². The Labute approximate surface area is 97.2 Å². The van der Waals surface area contributed by atoms with Gasteiger partial charge in [-0.15, -0.1) is 0 Å². The predicted molar refractivity (Wildman–Crippen MR) is 59.3 cm³/mol. The molecule has 0 spiro atoms. The highest BCUT2D eigenvalue weighted by Crippen LogP contribution is 2.26. The van der Waals surface area contributed by atoms with Crippen LogP contribution in [-0.2, 0) is 0 Å². The van der Waals surface area contributed by atoms with Crippen molar-refractivity contribution in [2.24, 2.45) is 0 Å². The number of aromatic amines is 1. The number of hydrogen-bond donors (Lipinski definition) is 2. The first kappa shape index (κ1) is 11.1. The first-order valence-electron chi connectivity index (χ1n) is 4.98. The minimum atomic E-state index is -1.16. The van der Waals surface area contributed by atoms with Crippen LogP contribution in [-0.4, -0.2) is 26.5 Å². The van der Waals surface area contributed by atoms with E-state index in [0.717, 1.165) is 11.1 Å². The Hall–Kier alpha value is -2.37. The summed E-state index contributed by atoms with van der Waals surface area (Å²) < 4.78 is 5.44. The van der Waals surface area contributed by atoms with Crippen LogP contribution in [0.1, 0.15) is 21.6 Å². The Morgan fingerprint density at radius 1 is 1.41 bits per heavy atom. The van der Waals surface area contributed by atoms with Gasteiger partial charge in [0.25, 0.3) is 5.88 Å². The molecule has 0 radical (unpaired) electrons. The van der Waals surface area contributed by atoms with Crippen molar-refractivity contribution in [3.63, 3.8) is 0 Å². The van der Waals surface area contributed by atoms with E-state index in [1.165, 1.54) is 0 Å². The molecule has 0 saturated carbocycles. The maximum absolute atomic E-state index is 10.8. The van der Waals surface area contributed by atoms with E-state index in [9.17, 15) is 4.79 Å². The number of aryl methyl sites for hydroxylation is 1. The maximum atomic E-state index is 10.8. The number of H-pyrrole nitrogens is 1. The molecule has 0 amide bonds. The molecule has 1 aromatic heterocycles. The summed E-state index contributed by atoms with van der Waals surface area (Å²) in [5.74, 6) is -0.622. The number of carboxylic acid groups (broad SMARTS) is 1. The first-order valence-corrected chi connectivity index (χ1v) is 4.98. The molecular formula is C11H11N3O3. The summed E-state index contributed by atoms with van der Waals surface area (Å²) in [6.07, 6.45) is 0. The molecule has 0 atom stereocenters. The van der Waals surface area contributed by atoms with E-state index in [0.29, 0.717) is 5.75 Å². The molecule has 6 heteroatoms. The second kappa shape index (κ2) is 4.25. The van der Waals surface area contributed by atoms with Gasteiger partial charge in [0.15, 0.2) is 0 Å². The van der Waals surface area contributed by atoms with Crippen LogP contribution in [0.5, 0.6) is 11.6 Å². The van der Waals surface area contributed by atoms with Crippen LogP contribution in [0.2, 0.25) is 0 Å². The summed E-state index contributed by atoms with van der Waals surface area (Å²) in [6.45, 7) is 3.84. The van der Waals surface area contributed by atoms with Crippen molar-refractivity contribution < 1.29 is 14.6 Å². The third-order valence-electron chi connectivity index (χ3n) is 2.49. The van der Waals surface area contributed by atoms with Crippen molar-refractivity contribution in [3.05, 3.63) is 35.0 Å². The Balaban J connectivity index is 2.35. The highest BCUT2D eigenvalue weighted by Gasteiger charge is 2.17. The average molecular weight is 233 g/mol. The zero-order valence-corrected chi connectivity index (χ0v) is 9.39. The number of nitrogens with zero attached hydrogens (tertiary/aromatic N) is 2. The minimum Gasteiger partial charge on any atom is -0.476 e. The lowest BCUT2D eigenvalue weighted by Gasteiger charge is -2.08. The summed E-state index contributed by atoms with van der Waals surface area (Å²) in [4.78, 5) is 10.8. The molecule has 0 saturated heterocycles. The molecule has 1 heterocycles. The zero-order valence-electron chi connectivity index (χ0n) is 9.39. The second-order valence-corrected chi connectivity index (χ2v) is 3.60. The molecule has 17 heavy (non-hydrogen) atoms. The Morgan fingerprint density at radius 2 is 2.18 bits per heavy atom.